The Bertz CT molecular complexity index is 958. The van der Waals surface area contributed by atoms with Gasteiger partial charge in [-0.15, -0.1) is 11.3 Å². The minimum atomic E-state index is 0.687. The fourth-order valence-corrected chi connectivity index (χ4v) is 4.68. The zero-order valence-electron chi connectivity index (χ0n) is 12.7. The standard InChI is InChI=1S/C18H16N2OS2/c1-2-21-13-7-8-16-17(9-13)23-18(20-16)22-11-12-10-19-15-6-4-3-5-14(12)15/h3-10,19H,2,11H2,1H3. The van der Waals surface area contributed by atoms with Crippen molar-refractivity contribution in [3.8, 4) is 5.75 Å². The van der Waals surface area contributed by atoms with E-state index in [0.29, 0.717) is 6.61 Å². The van der Waals surface area contributed by atoms with E-state index in [1.54, 1.807) is 23.1 Å². The Balaban J connectivity index is 1.55. The van der Waals surface area contributed by atoms with Gasteiger partial charge >= 0.3 is 0 Å². The minimum absolute atomic E-state index is 0.687. The summed E-state index contributed by atoms with van der Waals surface area (Å²) in [5.41, 5.74) is 3.55. The minimum Gasteiger partial charge on any atom is -0.494 e. The molecular formula is C18H16N2OS2. The van der Waals surface area contributed by atoms with Crippen molar-refractivity contribution in [3.05, 3.63) is 54.2 Å². The first-order chi connectivity index (χ1) is 11.3. The van der Waals surface area contributed by atoms with Gasteiger partial charge in [0.25, 0.3) is 0 Å². The fourth-order valence-electron chi connectivity index (χ4n) is 2.59. The van der Waals surface area contributed by atoms with E-state index >= 15 is 0 Å². The van der Waals surface area contributed by atoms with Crippen molar-refractivity contribution in [2.75, 3.05) is 6.61 Å². The molecule has 2 aromatic heterocycles. The average Bonchev–Trinajstić information content (AvgIpc) is 3.16. The molecule has 0 radical (unpaired) electrons. The van der Waals surface area contributed by atoms with E-state index in [2.05, 4.69) is 41.5 Å². The number of thioether (sulfide) groups is 1. The third kappa shape index (κ3) is 2.94. The predicted octanol–water partition coefficient (Wildman–Crippen LogP) is 5.47. The molecule has 0 spiro atoms. The van der Waals surface area contributed by atoms with Crippen LogP contribution in [0.5, 0.6) is 5.75 Å². The van der Waals surface area contributed by atoms with Gasteiger partial charge in [0.2, 0.25) is 0 Å². The molecule has 0 saturated heterocycles. The van der Waals surface area contributed by atoms with Gasteiger partial charge in [0.1, 0.15) is 5.75 Å². The van der Waals surface area contributed by atoms with Crippen LogP contribution >= 0.6 is 23.1 Å². The van der Waals surface area contributed by atoms with Crippen LogP contribution in [0.2, 0.25) is 0 Å². The van der Waals surface area contributed by atoms with E-state index in [1.165, 1.54) is 21.2 Å². The van der Waals surface area contributed by atoms with Crippen LogP contribution in [0.15, 0.2) is 53.0 Å². The third-order valence-electron chi connectivity index (χ3n) is 3.68. The Kier molecular flexibility index (Phi) is 3.97. The second-order valence-corrected chi connectivity index (χ2v) is 7.44. The van der Waals surface area contributed by atoms with E-state index in [-0.39, 0.29) is 0 Å². The first-order valence-electron chi connectivity index (χ1n) is 7.54. The molecule has 4 rings (SSSR count). The highest BCUT2D eigenvalue weighted by Crippen LogP contribution is 2.34. The monoisotopic (exact) mass is 340 g/mol. The summed E-state index contributed by atoms with van der Waals surface area (Å²) < 4.78 is 7.83. The molecule has 2 aromatic carbocycles. The Morgan fingerprint density at radius 1 is 1.22 bits per heavy atom. The van der Waals surface area contributed by atoms with E-state index in [1.807, 2.05) is 19.1 Å². The van der Waals surface area contributed by atoms with Gasteiger partial charge in [-0.1, -0.05) is 30.0 Å². The number of nitrogens with one attached hydrogen (secondary N) is 1. The van der Waals surface area contributed by atoms with Crippen molar-refractivity contribution >= 4 is 44.2 Å². The van der Waals surface area contributed by atoms with Crippen LogP contribution in [-0.4, -0.2) is 16.6 Å². The highest BCUT2D eigenvalue weighted by molar-refractivity contribution is 8.00. The summed E-state index contributed by atoms with van der Waals surface area (Å²) in [5, 5.41) is 1.29. The van der Waals surface area contributed by atoms with Gasteiger partial charge in [0.15, 0.2) is 4.34 Å². The van der Waals surface area contributed by atoms with Gasteiger partial charge in [0.05, 0.1) is 16.8 Å². The summed E-state index contributed by atoms with van der Waals surface area (Å²) in [5.74, 6) is 1.83. The molecule has 2 heterocycles. The van der Waals surface area contributed by atoms with Crippen molar-refractivity contribution < 1.29 is 4.74 Å². The maximum Gasteiger partial charge on any atom is 0.151 e. The fraction of sp³-hybridized carbons (Fsp3) is 0.167. The van der Waals surface area contributed by atoms with Crippen LogP contribution in [-0.2, 0) is 5.75 Å². The first-order valence-corrected chi connectivity index (χ1v) is 9.35. The number of nitrogens with zero attached hydrogens (tertiary/aromatic N) is 1. The second-order valence-electron chi connectivity index (χ2n) is 5.19. The van der Waals surface area contributed by atoms with Crippen LogP contribution in [0.3, 0.4) is 0 Å². The van der Waals surface area contributed by atoms with Gasteiger partial charge < -0.3 is 9.72 Å². The molecule has 0 fully saturated rings. The quantitative estimate of drug-likeness (QED) is 0.490. The Labute approximate surface area is 142 Å². The number of aromatic amines is 1. The van der Waals surface area contributed by atoms with Gasteiger partial charge in [-0.05, 0) is 36.8 Å². The molecule has 1 N–H and O–H groups in total. The van der Waals surface area contributed by atoms with E-state index in [4.69, 9.17) is 9.72 Å². The zero-order valence-corrected chi connectivity index (χ0v) is 14.3. The van der Waals surface area contributed by atoms with Crippen LogP contribution < -0.4 is 4.74 Å². The van der Waals surface area contributed by atoms with Crippen LogP contribution in [0.25, 0.3) is 21.1 Å². The molecule has 3 nitrogen and oxygen atoms in total. The number of H-pyrrole nitrogens is 1. The van der Waals surface area contributed by atoms with E-state index in [9.17, 15) is 0 Å². The van der Waals surface area contributed by atoms with E-state index in [0.717, 1.165) is 21.4 Å². The molecule has 116 valence electrons. The summed E-state index contributed by atoms with van der Waals surface area (Å²) in [6, 6.07) is 14.5. The zero-order chi connectivity index (χ0) is 15.6. The second kappa shape index (κ2) is 6.26. The third-order valence-corrected chi connectivity index (χ3v) is 5.89. The van der Waals surface area contributed by atoms with Crippen LogP contribution in [0, 0.1) is 0 Å². The number of benzene rings is 2. The summed E-state index contributed by atoms with van der Waals surface area (Å²) in [6.07, 6.45) is 2.10. The van der Waals surface area contributed by atoms with Gasteiger partial charge in [-0.3, -0.25) is 0 Å². The Morgan fingerprint density at radius 3 is 3.04 bits per heavy atom. The Morgan fingerprint density at radius 2 is 2.13 bits per heavy atom. The SMILES string of the molecule is CCOc1ccc2nc(SCc3c[nH]c4ccccc34)sc2c1. The lowest BCUT2D eigenvalue weighted by atomic mass is 10.2. The molecule has 23 heavy (non-hydrogen) atoms. The number of thiazole rings is 1. The van der Waals surface area contributed by atoms with Crippen molar-refractivity contribution in [1.29, 1.82) is 0 Å². The number of aromatic nitrogens is 2. The lowest BCUT2D eigenvalue weighted by Crippen LogP contribution is -1.89. The smallest absolute Gasteiger partial charge is 0.151 e. The maximum atomic E-state index is 5.56. The average molecular weight is 340 g/mol. The van der Waals surface area contributed by atoms with Crippen molar-refractivity contribution in [2.24, 2.45) is 0 Å². The molecule has 4 aromatic rings. The van der Waals surface area contributed by atoms with Crippen molar-refractivity contribution in [1.82, 2.24) is 9.97 Å². The Hall–Kier alpha value is -1.98. The van der Waals surface area contributed by atoms with Crippen molar-refractivity contribution in [3.63, 3.8) is 0 Å². The van der Waals surface area contributed by atoms with Crippen LogP contribution in [0.1, 0.15) is 12.5 Å². The molecule has 5 heteroatoms. The molecule has 0 saturated carbocycles. The van der Waals surface area contributed by atoms with Crippen LogP contribution in [0.4, 0.5) is 0 Å². The summed E-state index contributed by atoms with van der Waals surface area (Å²) >= 11 is 3.51. The molecular weight excluding hydrogens is 324 g/mol. The number of fused-ring (bicyclic) bond motifs is 2. The maximum absolute atomic E-state index is 5.56. The summed E-state index contributed by atoms with van der Waals surface area (Å²) in [7, 11) is 0. The molecule has 0 unspecified atom stereocenters. The lowest BCUT2D eigenvalue weighted by molar-refractivity contribution is 0.341. The molecule has 0 aliphatic rings. The lowest BCUT2D eigenvalue weighted by Gasteiger charge is -2.00. The summed E-state index contributed by atoms with van der Waals surface area (Å²) in [6.45, 7) is 2.69. The summed E-state index contributed by atoms with van der Waals surface area (Å²) in [4.78, 5) is 8.03. The highest BCUT2D eigenvalue weighted by atomic mass is 32.2. The number of hydrogen-bond donors (Lipinski definition) is 1. The largest absolute Gasteiger partial charge is 0.494 e. The van der Waals surface area contributed by atoms with Crippen molar-refractivity contribution in [2.45, 2.75) is 17.0 Å². The van der Waals surface area contributed by atoms with E-state index < -0.39 is 0 Å². The molecule has 0 bridgehead atoms. The highest BCUT2D eigenvalue weighted by Gasteiger charge is 2.08. The molecule has 0 aliphatic heterocycles. The number of rotatable bonds is 5. The molecule has 0 atom stereocenters. The normalized spacial score (nSPS) is 11.3. The number of hydrogen-bond acceptors (Lipinski definition) is 4. The number of para-hydroxylation sites is 1. The molecule has 0 aliphatic carbocycles. The predicted molar refractivity (Wildman–Crippen MR) is 98.6 cm³/mol. The van der Waals surface area contributed by atoms with Gasteiger partial charge in [-0.2, -0.15) is 0 Å². The van der Waals surface area contributed by atoms with Gasteiger partial charge in [0, 0.05) is 22.9 Å². The number of ether oxygens (including phenoxy) is 1. The van der Waals surface area contributed by atoms with Gasteiger partial charge in [-0.25, -0.2) is 4.98 Å². The first kappa shape index (κ1) is 14.6. The topological polar surface area (TPSA) is 37.9 Å². The molecule has 0 amide bonds.